The Bertz CT molecular complexity index is 2180. The van der Waals surface area contributed by atoms with E-state index < -0.39 is 12.0 Å². The van der Waals surface area contributed by atoms with Gasteiger partial charge >= 0.3 is 5.97 Å². The highest BCUT2D eigenvalue weighted by atomic mass is 35.5. The minimum Gasteiger partial charge on any atom is -0.459 e. The van der Waals surface area contributed by atoms with E-state index in [1.807, 2.05) is 18.2 Å². The fraction of sp³-hybridized carbons (Fsp3) is 0.143. The summed E-state index contributed by atoms with van der Waals surface area (Å²) in [5.74, 6) is -0.112. The number of thiazole rings is 1. The summed E-state index contributed by atoms with van der Waals surface area (Å²) < 4.78 is 13.4. The first-order valence-corrected chi connectivity index (χ1v) is 15.9. The molecule has 232 valence electrons. The average molecular weight is 673 g/mol. The molecular formula is C35H27Cl2N3O5S. The van der Waals surface area contributed by atoms with E-state index >= 15 is 0 Å². The predicted octanol–water partition coefficient (Wildman–Crippen LogP) is 7.01. The van der Waals surface area contributed by atoms with Gasteiger partial charge < -0.3 is 14.5 Å². The number of amides is 1. The lowest BCUT2D eigenvalue weighted by molar-refractivity contribution is -0.113. The summed E-state index contributed by atoms with van der Waals surface area (Å²) in [7, 11) is 0. The van der Waals surface area contributed by atoms with Crippen LogP contribution < -0.4 is 20.2 Å². The van der Waals surface area contributed by atoms with Crippen molar-refractivity contribution >= 4 is 58.2 Å². The number of allylic oxidation sites excluding steroid dienone is 1. The zero-order chi connectivity index (χ0) is 32.5. The number of benzene rings is 3. The molecule has 1 amide bonds. The SMILES string of the molecule is CC1=C(C(=O)Nc2ccccc2)[C@H](c2ccc(Cl)cc2)n2c(s/c(=C/c3ccc(-c4cc(Cl)ccc4C(=O)OC(C)C)o3)c2=O)=N1. The summed E-state index contributed by atoms with van der Waals surface area (Å²) in [5, 5.41) is 3.89. The van der Waals surface area contributed by atoms with Crippen LogP contribution in [0.2, 0.25) is 10.0 Å². The van der Waals surface area contributed by atoms with E-state index in [9.17, 15) is 14.4 Å². The van der Waals surface area contributed by atoms with Crippen LogP contribution in [-0.4, -0.2) is 22.5 Å². The molecule has 6 rings (SSSR count). The van der Waals surface area contributed by atoms with Crippen LogP contribution in [0.15, 0.2) is 110 Å². The molecule has 1 aliphatic heterocycles. The molecular weight excluding hydrogens is 645 g/mol. The molecule has 1 aliphatic rings. The zero-order valence-electron chi connectivity index (χ0n) is 24.9. The van der Waals surface area contributed by atoms with Gasteiger partial charge in [-0.1, -0.05) is 64.9 Å². The molecule has 0 spiro atoms. The van der Waals surface area contributed by atoms with Crippen LogP contribution in [0.1, 0.15) is 48.5 Å². The van der Waals surface area contributed by atoms with Gasteiger partial charge in [0.15, 0.2) is 4.80 Å². The van der Waals surface area contributed by atoms with E-state index in [0.29, 0.717) is 64.5 Å². The van der Waals surface area contributed by atoms with Crippen LogP contribution in [0.5, 0.6) is 0 Å². The maximum atomic E-state index is 14.1. The third kappa shape index (κ3) is 6.35. The molecule has 5 aromatic rings. The van der Waals surface area contributed by atoms with Gasteiger partial charge in [-0.25, -0.2) is 9.79 Å². The van der Waals surface area contributed by atoms with Crippen LogP contribution >= 0.6 is 34.5 Å². The molecule has 0 saturated carbocycles. The second-order valence-electron chi connectivity index (χ2n) is 10.8. The summed E-state index contributed by atoms with van der Waals surface area (Å²) in [6, 6.07) is 23.6. The molecule has 2 aromatic heterocycles. The van der Waals surface area contributed by atoms with E-state index in [4.69, 9.17) is 32.4 Å². The van der Waals surface area contributed by atoms with Crippen LogP contribution in [-0.2, 0) is 9.53 Å². The highest BCUT2D eigenvalue weighted by Gasteiger charge is 2.32. The van der Waals surface area contributed by atoms with E-state index in [1.54, 1.807) is 93.6 Å². The van der Waals surface area contributed by atoms with Crippen molar-refractivity contribution in [1.82, 2.24) is 4.57 Å². The standard InChI is InChI=1S/C35H27Cl2N3O5S/c1-19(2)44-34(43)26-15-13-23(37)17-27(26)28-16-14-25(45-28)18-29-33(42)40-31(21-9-11-22(36)12-10-21)30(20(3)38-35(40)46-29)32(41)39-24-7-5-4-6-8-24/h4-19,31H,1-3H3,(H,39,41)/b29-18+/t31-/m0/s1. The highest BCUT2D eigenvalue weighted by Crippen LogP contribution is 2.32. The number of hydrogen-bond acceptors (Lipinski definition) is 7. The first kappa shape index (κ1) is 31.3. The molecule has 1 N–H and O–H groups in total. The minimum atomic E-state index is -0.757. The normalized spacial score (nSPS) is 14.7. The number of esters is 1. The number of fused-ring (bicyclic) bond motifs is 1. The largest absolute Gasteiger partial charge is 0.459 e. The van der Waals surface area contributed by atoms with Gasteiger partial charge in [0.1, 0.15) is 11.5 Å². The lowest BCUT2D eigenvalue weighted by atomic mass is 9.95. The number of para-hydroxylation sites is 1. The quantitative estimate of drug-likeness (QED) is 0.188. The number of rotatable bonds is 7. The fourth-order valence-electron chi connectivity index (χ4n) is 5.17. The van der Waals surface area contributed by atoms with Crippen LogP contribution in [0.4, 0.5) is 5.69 Å². The van der Waals surface area contributed by atoms with Crippen LogP contribution in [0.25, 0.3) is 17.4 Å². The molecule has 0 fully saturated rings. The van der Waals surface area contributed by atoms with Gasteiger partial charge in [0.2, 0.25) is 0 Å². The maximum Gasteiger partial charge on any atom is 0.339 e. The Balaban J connectivity index is 1.42. The first-order valence-electron chi connectivity index (χ1n) is 14.3. The lowest BCUT2D eigenvalue weighted by Crippen LogP contribution is -2.40. The molecule has 46 heavy (non-hydrogen) atoms. The molecule has 11 heteroatoms. The number of aromatic nitrogens is 1. The molecule has 3 aromatic carbocycles. The van der Waals surface area contributed by atoms with Crippen LogP contribution in [0.3, 0.4) is 0 Å². The number of carbonyl (C=O) groups excluding carboxylic acids is 2. The third-order valence-corrected chi connectivity index (χ3v) is 8.66. The number of hydrogen-bond donors (Lipinski definition) is 1. The van der Waals surface area contributed by atoms with E-state index in [0.717, 1.165) is 0 Å². The van der Waals surface area contributed by atoms with Crippen molar-refractivity contribution in [3.05, 3.63) is 143 Å². The van der Waals surface area contributed by atoms with E-state index in [2.05, 4.69) is 10.3 Å². The molecule has 0 saturated heterocycles. The molecule has 0 unspecified atom stereocenters. The van der Waals surface area contributed by atoms with Gasteiger partial charge in [-0.3, -0.25) is 14.2 Å². The summed E-state index contributed by atoms with van der Waals surface area (Å²) in [6.07, 6.45) is 1.31. The number of nitrogens with one attached hydrogen (secondary N) is 1. The van der Waals surface area contributed by atoms with E-state index in [1.165, 1.54) is 15.9 Å². The minimum absolute atomic E-state index is 0.304. The summed E-state index contributed by atoms with van der Waals surface area (Å²) in [6.45, 7) is 5.30. The Hall–Kier alpha value is -4.70. The van der Waals surface area contributed by atoms with Crippen LogP contribution in [0, 0.1) is 0 Å². The number of anilines is 1. The van der Waals surface area contributed by atoms with Gasteiger partial charge in [0.05, 0.1) is 33.5 Å². The Morgan fingerprint density at radius 2 is 1.72 bits per heavy atom. The average Bonchev–Trinajstić information content (AvgIpc) is 3.61. The van der Waals surface area contributed by atoms with Gasteiger partial charge in [-0.05, 0) is 80.9 Å². The number of furan rings is 1. The monoisotopic (exact) mass is 671 g/mol. The van der Waals surface area contributed by atoms with Crippen molar-refractivity contribution in [1.29, 1.82) is 0 Å². The number of carbonyl (C=O) groups is 2. The predicted molar refractivity (Wildman–Crippen MR) is 180 cm³/mol. The Morgan fingerprint density at radius 3 is 2.43 bits per heavy atom. The second kappa shape index (κ2) is 13.0. The van der Waals surface area contributed by atoms with Gasteiger partial charge in [0.25, 0.3) is 11.5 Å². The highest BCUT2D eigenvalue weighted by molar-refractivity contribution is 7.07. The van der Waals surface area contributed by atoms with Crippen molar-refractivity contribution < 1.29 is 18.7 Å². The number of nitrogens with zero attached hydrogens (tertiary/aromatic N) is 2. The lowest BCUT2D eigenvalue weighted by Gasteiger charge is -2.25. The Labute approximate surface area is 277 Å². The smallest absolute Gasteiger partial charge is 0.339 e. The molecule has 8 nitrogen and oxygen atoms in total. The number of halogens is 2. The summed E-state index contributed by atoms with van der Waals surface area (Å²) in [5.41, 5.74) is 2.57. The summed E-state index contributed by atoms with van der Waals surface area (Å²) >= 11 is 13.6. The van der Waals surface area contributed by atoms with Crippen molar-refractivity contribution in [2.75, 3.05) is 5.32 Å². The van der Waals surface area contributed by atoms with Gasteiger partial charge in [-0.15, -0.1) is 0 Å². The summed E-state index contributed by atoms with van der Waals surface area (Å²) in [4.78, 5) is 45.7. The van der Waals surface area contributed by atoms with E-state index in [-0.39, 0.29) is 17.6 Å². The first-order chi connectivity index (χ1) is 22.1. The van der Waals surface area contributed by atoms with Crippen molar-refractivity contribution in [3.63, 3.8) is 0 Å². The van der Waals surface area contributed by atoms with Gasteiger partial charge in [-0.2, -0.15) is 0 Å². The second-order valence-corrected chi connectivity index (χ2v) is 12.7. The molecule has 0 aliphatic carbocycles. The molecule has 0 radical (unpaired) electrons. The third-order valence-electron chi connectivity index (χ3n) is 7.19. The maximum absolute atomic E-state index is 14.1. The Morgan fingerprint density at radius 1 is 1.00 bits per heavy atom. The van der Waals surface area contributed by atoms with Gasteiger partial charge in [0, 0.05) is 27.4 Å². The molecule has 3 heterocycles. The molecule has 0 bridgehead atoms. The fourth-order valence-corrected chi connectivity index (χ4v) is 6.50. The molecule has 1 atom stereocenters. The van der Waals surface area contributed by atoms with Crippen molar-refractivity contribution in [2.24, 2.45) is 4.99 Å². The Kier molecular flexibility index (Phi) is 8.82. The van der Waals surface area contributed by atoms with Crippen molar-refractivity contribution in [2.45, 2.75) is 32.9 Å². The van der Waals surface area contributed by atoms with Crippen molar-refractivity contribution in [3.8, 4) is 11.3 Å². The topological polar surface area (TPSA) is 103 Å². The zero-order valence-corrected chi connectivity index (χ0v) is 27.2. The number of ether oxygens (including phenoxy) is 1.